The first kappa shape index (κ1) is 69.6. The van der Waals surface area contributed by atoms with E-state index >= 15 is 0 Å². The summed E-state index contributed by atoms with van der Waals surface area (Å²) in [4.78, 5) is 38.3. The van der Waals surface area contributed by atoms with Gasteiger partial charge in [0, 0.05) is 19.3 Å². The van der Waals surface area contributed by atoms with Crippen LogP contribution in [0.15, 0.2) is 36.5 Å². The summed E-state index contributed by atoms with van der Waals surface area (Å²) in [7, 11) is 0. The Balaban J connectivity index is 4.27. The first-order valence-electron chi connectivity index (χ1n) is 32.0. The molecule has 422 valence electrons. The maximum atomic E-state index is 12.9. The summed E-state index contributed by atoms with van der Waals surface area (Å²) in [6, 6.07) is 0. The van der Waals surface area contributed by atoms with E-state index in [0.29, 0.717) is 19.3 Å². The lowest BCUT2D eigenvalue weighted by Crippen LogP contribution is -2.30. The zero-order chi connectivity index (χ0) is 52.2. The Morgan fingerprint density at radius 3 is 0.806 bits per heavy atom. The van der Waals surface area contributed by atoms with E-state index in [1.165, 1.54) is 218 Å². The van der Waals surface area contributed by atoms with Crippen LogP contribution in [0.25, 0.3) is 0 Å². The van der Waals surface area contributed by atoms with Crippen molar-refractivity contribution < 1.29 is 28.6 Å². The average molecular weight is 1010 g/mol. The van der Waals surface area contributed by atoms with Crippen molar-refractivity contribution in [3.63, 3.8) is 0 Å². The molecule has 0 aliphatic heterocycles. The molecule has 0 heterocycles. The van der Waals surface area contributed by atoms with Gasteiger partial charge in [0.1, 0.15) is 13.2 Å². The number of esters is 3. The van der Waals surface area contributed by atoms with E-state index in [4.69, 9.17) is 14.2 Å². The minimum absolute atomic E-state index is 0.0766. The van der Waals surface area contributed by atoms with Crippen LogP contribution in [-0.2, 0) is 28.6 Å². The smallest absolute Gasteiger partial charge is 0.306 e. The highest BCUT2D eigenvalue weighted by Gasteiger charge is 2.19. The van der Waals surface area contributed by atoms with Gasteiger partial charge in [-0.25, -0.2) is 0 Å². The van der Waals surface area contributed by atoms with Gasteiger partial charge in [0.2, 0.25) is 0 Å². The molecule has 0 spiro atoms. The van der Waals surface area contributed by atoms with E-state index in [-0.39, 0.29) is 31.1 Å². The first-order valence-corrected chi connectivity index (χ1v) is 32.0. The lowest BCUT2D eigenvalue weighted by Gasteiger charge is -2.18. The number of hydrogen-bond donors (Lipinski definition) is 0. The van der Waals surface area contributed by atoms with E-state index in [2.05, 4.69) is 57.2 Å². The number of rotatable bonds is 59. The Morgan fingerprint density at radius 1 is 0.278 bits per heavy atom. The monoisotopic (exact) mass is 1010 g/mol. The number of carbonyl (C=O) groups excluding carboxylic acids is 3. The van der Waals surface area contributed by atoms with Crippen LogP contribution in [0.1, 0.15) is 348 Å². The Morgan fingerprint density at radius 2 is 0.500 bits per heavy atom. The van der Waals surface area contributed by atoms with Crippen molar-refractivity contribution in [3.05, 3.63) is 36.5 Å². The fraction of sp³-hybridized carbons (Fsp3) is 0.864. The summed E-state index contributed by atoms with van der Waals surface area (Å²) >= 11 is 0. The van der Waals surface area contributed by atoms with Crippen LogP contribution in [0, 0.1) is 0 Å². The summed E-state index contributed by atoms with van der Waals surface area (Å²) in [5.74, 6) is -0.878. The van der Waals surface area contributed by atoms with Crippen molar-refractivity contribution in [1.82, 2.24) is 0 Å². The molecular weight excluding hydrogens is 889 g/mol. The fourth-order valence-electron chi connectivity index (χ4n) is 9.53. The normalized spacial score (nSPS) is 12.2. The summed E-state index contributed by atoms with van der Waals surface area (Å²) in [5, 5.41) is 0. The summed E-state index contributed by atoms with van der Waals surface area (Å²) in [6.45, 7) is 6.65. The van der Waals surface area contributed by atoms with Crippen molar-refractivity contribution >= 4 is 17.9 Å². The number of hydrogen-bond acceptors (Lipinski definition) is 6. The van der Waals surface area contributed by atoms with Crippen LogP contribution in [0.4, 0.5) is 0 Å². The second-order valence-corrected chi connectivity index (χ2v) is 21.7. The quantitative estimate of drug-likeness (QED) is 0.0261. The lowest BCUT2D eigenvalue weighted by atomic mass is 10.0. The SMILES string of the molecule is CCCCC/C=C\C/C=C\CCCCCCCC(=O)OC(COC(=O)CCCCCCC/C=C\CCCCCCCC)COC(=O)CCCCCCCCCCCCCCCCCCCCCCCCCC. The van der Waals surface area contributed by atoms with Gasteiger partial charge in [0.25, 0.3) is 0 Å². The Bertz CT molecular complexity index is 1210. The molecule has 0 aliphatic rings. The third-order valence-electron chi connectivity index (χ3n) is 14.4. The van der Waals surface area contributed by atoms with E-state index in [1.54, 1.807) is 0 Å². The van der Waals surface area contributed by atoms with Crippen molar-refractivity contribution in [2.24, 2.45) is 0 Å². The fourth-order valence-corrected chi connectivity index (χ4v) is 9.53. The standard InChI is InChI=1S/C66H122O6/c1-4-7-10-13-16-19-22-25-28-29-30-31-32-33-34-35-36-39-41-44-47-50-53-56-59-65(68)71-62-63(72-66(69)60-57-54-51-48-45-42-38-27-24-21-18-15-12-9-6-3)61-70-64(67)58-55-52-49-46-43-40-37-26-23-20-17-14-11-8-5-2/h18,21,26-27,37-38,63H,4-17,19-20,22-25,28-36,39-62H2,1-3H3/b21-18-,37-26-,38-27-. The zero-order valence-electron chi connectivity index (χ0n) is 48.5. The van der Waals surface area contributed by atoms with E-state index in [0.717, 1.165) is 89.9 Å². The molecule has 0 aromatic rings. The van der Waals surface area contributed by atoms with Gasteiger partial charge in [0.05, 0.1) is 0 Å². The molecule has 72 heavy (non-hydrogen) atoms. The Kier molecular flexibility index (Phi) is 59.2. The summed E-state index contributed by atoms with van der Waals surface area (Å²) in [6.07, 6.45) is 74.4. The van der Waals surface area contributed by atoms with Crippen LogP contribution in [0.5, 0.6) is 0 Å². The highest BCUT2D eigenvalue weighted by Crippen LogP contribution is 2.17. The minimum atomic E-state index is -0.781. The maximum Gasteiger partial charge on any atom is 0.306 e. The predicted molar refractivity (Wildman–Crippen MR) is 312 cm³/mol. The minimum Gasteiger partial charge on any atom is -0.462 e. The van der Waals surface area contributed by atoms with Crippen LogP contribution >= 0.6 is 0 Å². The lowest BCUT2D eigenvalue weighted by molar-refractivity contribution is -0.167. The van der Waals surface area contributed by atoms with Gasteiger partial charge in [-0.15, -0.1) is 0 Å². The number of ether oxygens (including phenoxy) is 3. The average Bonchev–Trinajstić information content (AvgIpc) is 3.38. The molecule has 6 heteroatoms. The molecule has 0 bridgehead atoms. The molecule has 0 saturated heterocycles. The van der Waals surface area contributed by atoms with Crippen molar-refractivity contribution in [1.29, 1.82) is 0 Å². The van der Waals surface area contributed by atoms with Crippen LogP contribution < -0.4 is 0 Å². The topological polar surface area (TPSA) is 78.9 Å². The van der Waals surface area contributed by atoms with E-state index in [9.17, 15) is 14.4 Å². The zero-order valence-corrected chi connectivity index (χ0v) is 48.5. The third-order valence-corrected chi connectivity index (χ3v) is 14.4. The van der Waals surface area contributed by atoms with E-state index in [1.807, 2.05) is 0 Å². The molecule has 0 saturated carbocycles. The Hall–Kier alpha value is -2.37. The van der Waals surface area contributed by atoms with Gasteiger partial charge >= 0.3 is 17.9 Å². The van der Waals surface area contributed by atoms with Crippen molar-refractivity contribution in [2.75, 3.05) is 13.2 Å². The van der Waals surface area contributed by atoms with Crippen LogP contribution in [-0.4, -0.2) is 37.2 Å². The first-order chi connectivity index (χ1) is 35.5. The highest BCUT2D eigenvalue weighted by molar-refractivity contribution is 5.71. The van der Waals surface area contributed by atoms with Gasteiger partial charge in [0.15, 0.2) is 6.10 Å². The molecule has 6 nitrogen and oxygen atoms in total. The highest BCUT2D eigenvalue weighted by atomic mass is 16.6. The maximum absolute atomic E-state index is 12.9. The van der Waals surface area contributed by atoms with Crippen molar-refractivity contribution in [3.8, 4) is 0 Å². The Labute approximate surface area is 448 Å². The predicted octanol–water partition coefficient (Wildman–Crippen LogP) is 21.6. The molecule has 0 radical (unpaired) electrons. The molecule has 1 atom stereocenters. The largest absolute Gasteiger partial charge is 0.462 e. The van der Waals surface area contributed by atoms with Crippen LogP contribution in [0.3, 0.4) is 0 Å². The van der Waals surface area contributed by atoms with Gasteiger partial charge in [-0.3, -0.25) is 14.4 Å². The molecule has 0 aromatic heterocycles. The summed E-state index contributed by atoms with van der Waals surface area (Å²) < 4.78 is 16.9. The molecule has 0 amide bonds. The molecule has 1 unspecified atom stereocenters. The second-order valence-electron chi connectivity index (χ2n) is 21.7. The molecular formula is C66H122O6. The van der Waals surface area contributed by atoms with Gasteiger partial charge in [-0.2, -0.15) is 0 Å². The summed E-state index contributed by atoms with van der Waals surface area (Å²) in [5.41, 5.74) is 0. The molecule has 0 fully saturated rings. The van der Waals surface area contributed by atoms with Gasteiger partial charge in [-0.05, 0) is 77.0 Å². The number of unbranched alkanes of at least 4 members (excludes halogenated alkanes) is 42. The van der Waals surface area contributed by atoms with E-state index < -0.39 is 6.10 Å². The molecule has 0 aromatic carbocycles. The third kappa shape index (κ3) is 58.5. The van der Waals surface area contributed by atoms with Gasteiger partial charge in [-0.1, -0.05) is 288 Å². The molecule has 0 rings (SSSR count). The number of carbonyl (C=O) groups is 3. The van der Waals surface area contributed by atoms with Gasteiger partial charge < -0.3 is 14.2 Å². The molecule has 0 N–H and O–H groups in total. The van der Waals surface area contributed by atoms with Crippen molar-refractivity contribution in [2.45, 2.75) is 354 Å². The molecule has 0 aliphatic carbocycles. The number of allylic oxidation sites excluding steroid dienone is 6. The second kappa shape index (κ2) is 61.2. The van der Waals surface area contributed by atoms with Crippen LogP contribution in [0.2, 0.25) is 0 Å².